The summed E-state index contributed by atoms with van der Waals surface area (Å²) in [5, 5.41) is 3.48. The summed E-state index contributed by atoms with van der Waals surface area (Å²) in [6.45, 7) is 6.95. The molecule has 1 aliphatic rings. The summed E-state index contributed by atoms with van der Waals surface area (Å²) in [5.41, 5.74) is 2.27. The Labute approximate surface area is 140 Å². The van der Waals surface area contributed by atoms with Gasteiger partial charge in [0, 0.05) is 18.5 Å². The number of hydrogen-bond donors (Lipinski definition) is 1. The van der Waals surface area contributed by atoms with Crippen LogP contribution in [0.25, 0.3) is 0 Å². The minimum Gasteiger partial charge on any atom is -0.308 e. The van der Waals surface area contributed by atoms with Crippen LogP contribution in [0.15, 0.2) is 48.5 Å². The first-order chi connectivity index (χ1) is 11.2. The highest BCUT2D eigenvalue weighted by molar-refractivity contribution is 5.44. The van der Waals surface area contributed by atoms with Gasteiger partial charge in [-0.1, -0.05) is 57.2 Å². The fourth-order valence-electron chi connectivity index (χ4n) is 3.59. The molecule has 0 fully saturated rings. The summed E-state index contributed by atoms with van der Waals surface area (Å²) in [7, 11) is 0. The van der Waals surface area contributed by atoms with Crippen molar-refractivity contribution < 1.29 is 13.2 Å². The summed E-state index contributed by atoms with van der Waals surface area (Å²) in [4.78, 5) is 0. The normalized spacial score (nSPS) is 21.4. The SMILES string of the molecule is CC(C)(C)C1NCc2cc(C(F)(F)F)ccc2C1c1ccccc1. The topological polar surface area (TPSA) is 12.0 Å². The van der Waals surface area contributed by atoms with E-state index < -0.39 is 11.7 Å². The predicted molar refractivity (Wildman–Crippen MR) is 89.8 cm³/mol. The van der Waals surface area contributed by atoms with E-state index in [0.29, 0.717) is 6.54 Å². The van der Waals surface area contributed by atoms with Gasteiger partial charge in [-0.05, 0) is 34.2 Å². The summed E-state index contributed by atoms with van der Waals surface area (Å²) >= 11 is 0. The van der Waals surface area contributed by atoms with Crippen LogP contribution in [-0.4, -0.2) is 6.04 Å². The number of fused-ring (bicyclic) bond motifs is 1. The van der Waals surface area contributed by atoms with Crippen LogP contribution in [0, 0.1) is 5.41 Å². The maximum atomic E-state index is 13.0. The van der Waals surface area contributed by atoms with E-state index in [1.807, 2.05) is 18.2 Å². The molecule has 0 amide bonds. The van der Waals surface area contributed by atoms with Gasteiger partial charge in [-0.25, -0.2) is 0 Å². The lowest BCUT2D eigenvalue weighted by molar-refractivity contribution is -0.137. The molecule has 0 aliphatic carbocycles. The lowest BCUT2D eigenvalue weighted by Crippen LogP contribution is -2.48. The van der Waals surface area contributed by atoms with Gasteiger partial charge in [-0.15, -0.1) is 0 Å². The molecule has 3 rings (SSSR count). The quantitative estimate of drug-likeness (QED) is 0.741. The molecular formula is C20H22F3N. The Morgan fingerprint density at radius 1 is 0.958 bits per heavy atom. The predicted octanol–water partition coefficient (Wildman–Crippen LogP) is 5.36. The van der Waals surface area contributed by atoms with Gasteiger partial charge >= 0.3 is 6.18 Å². The summed E-state index contributed by atoms with van der Waals surface area (Å²) in [6, 6.07) is 14.3. The molecule has 0 bridgehead atoms. The molecule has 0 saturated carbocycles. The van der Waals surface area contributed by atoms with E-state index in [0.717, 1.165) is 16.7 Å². The zero-order valence-electron chi connectivity index (χ0n) is 14.1. The highest BCUT2D eigenvalue weighted by Crippen LogP contribution is 2.42. The average molecular weight is 333 g/mol. The standard InChI is InChI=1S/C20H22F3N/c1-19(2,3)18-17(13-7-5-4-6-8-13)16-10-9-15(20(21,22)23)11-14(16)12-24-18/h4-11,17-18,24H,12H2,1-3H3. The Kier molecular flexibility index (Phi) is 4.20. The Balaban J connectivity index is 2.12. The van der Waals surface area contributed by atoms with Gasteiger partial charge in [-0.3, -0.25) is 0 Å². The van der Waals surface area contributed by atoms with Crippen molar-refractivity contribution in [2.24, 2.45) is 5.41 Å². The molecule has 2 unspecified atom stereocenters. The van der Waals surface area contributed by atoms with Gasteiger partial charge in [0.1, 0.15) is 0 Å². The van der Waals surface area contributed by atoms with E-state index in [1.54, 1.807) is 6.07 Å². The minimum absolute atomic E-state index is 0.0130. The van der Waals surface area contributed by atoms with Crippen LogP contribution in [-0.2, 0) is 12.7 Å². The molecule has 24 heavy (non-hydrogen) atoms. The lowest BCUT2D eigenvalue weighted by atomic mass is 9.70. The van der Waals surface area contributed by atoms with Crippen LogP contribution in [0.4, 0.5) is 13.2 Å². The molecule has 128 valence electrons. The van der Waals surface area contributed by atoms with Crippen molar-refractivity contribution in [3.63, 3.8) is 0 Å². The van der Waals surface area contributed by atoms with Gasteiger partial charge in [0.15, 0.2) is 0 Å². The second kappa shape index (κ2) is 5.92. The molecule has 0 saturated heterocycles. The maximum absolute atomic E-state index is 13.0. The molecule has 4 heteroatoms. The maximum Gasteiger partial charge on any atom is 0.416 e. The zero-order chi connectivity index (χ0) is 17.5. The molecule has 1 nitrogen and oxygen atoms in total. The van der Waals surface area contributed by atoms with Crippen molar-refractivity contribution in [1.29, 1.82) is 0 Å². The third kappa shape index (κ3) is 3.20. The highest BCUT2D eigenvalue weighted by atomic mass is 19.4. The molecular weight excluding hydrogens is 311 g/mol. The molecule has 2 atom stereocenters. The van der Waals surface area contributed by atoms with Gasteiger partial charge in [0.25, 0.3) is 0 Å². The van der Waals surface area contributed by atoms with Gasteiger partial charge in [0.05, 0.1) is 5.56 Å². The summed E-state index contributed by atoms with van der Waals surface area (Å²) in [6.07, 6.45) is -4.31. The van der Waals surface area contributed by atoms with Crippen LogP contribution < -0.4 is 5.32 Å². The first-order valence-electron chi connectivity index (χ1n) is 8.16. The fourth-order valence-corrected chi connectivity index (χ4v) is 3.59. The van der Waals surface area contributed by atoms with E-state index in [1.165, 1.54) is 12.1 Å². The number of rotatable bonds is 1. The van der Waals surface area contributed by atoms with Crippen molar-refractivity contribution in [2.75, 3.05) is 0 Å². The number of hydrogen-bond acceptors (Lipinski definition) is 1. The van der Waals surface area contributed by atoms with Crippen LogP contribution in [0.2, 0.25) is 0 Å². The van der Waals surface area contributed by atoms with Crippen molar-refractivity contribution in [3.8, 4) is 0 Å². The van der Waals surface area contributed by atoms with Gasteiger partial charge < -0.3 is 5.32 Å². The average Bonchev–Trinajstić information content (AvgIpc) is 2.52. The van der Waals surface area contributed by atoms with Crippen molar-refractivity contribution in [3.05, 3.63) is 70.8 Å². The van der Waals surface area contributed by atoms with Crippen LogP contribution in [0.1, 0.15) is 48.9 Å². The molecule has 0 aromatic heterocycles. The second-order valence-corrected chi connectivity index (χ2v) is 7.52. The zero-order valence-corrected chi connectivity index (χ0v) is 14.1. The van der Waals surface area contributed by atoms with E-state index in [2.05, 4.69) is 38.2 Å². The Morgan fingerprint density at radius 2 is 1.62 bits per heavy atom. The first-order valence-corrected chi connectivity index (χ1v) is 8.16. The molecule has 0 spiro atoms. The number of benzene rings is 2. The van der Waals surface area contributed by atoms with E-state index >= 15 is 0 Å². The third-order valence-electron chi connectivity index (χ3n) is 4.74. The smallest absolute Gasteiger partial charge is 0.308 e. The number of halogens is 3. The minimum atomic E-state index is -4.31. The lowest BCUT2D eigenvalue weighted by Gasteiger charge is -2.42. The van der Waals surface area contributed by atoms with Crippen LogP contribution in [0.5, 0.6) is 0 Å². The van der Waals surface area contributed by atoms with E-state index in [-0.39, 0.29) is 17.4 Å². The first kappa shape index (κ1) is 17.0. The molecule has 1 aliphatic heterocycles. The Bertz CT molecular complexity index is 714. The third-order valence-corrected chi connectivity index (χ3v) is 4.74. The van der Waals surface area contributed by atoms with Gasteiger partial charge in [-0.2, -0.15) is 13.2 Å². The summed E-state index contributed by atoms with van der Waals surface area (Å²) < 4.78 is 39.1. The summed E-state index contributed by atoms with van der Waals surface area (Å²) in [5.74, 6) is 0.0391. The Hall–Kier alpha value is -1.81. The largest absolute Gasteiger partial charge is 0.416 e. The molecule has 2 aromatic carbocycles. The van der Waals surface area contributed by atoms with Crippen LogP contribution >= 0.6 is 0 Å². The number of alkyl halides is 3. The van der Waals surface area contributed by atoms with E-state index in [9.17, 15) is 13.2 Å². The molecule has 1 N–H and O–H groups in total. The Morgan fingerprint density at radius 3 is 2.21 bits per heavy atom. The molecule has 1 heterocycles. The second-order valence-electron chi connectivity index (χ2n) is 7.52. The fraction of sp³-hybridized carbons (Fsp3) is 0.400. The monoisotopic (exact) mass is 333 g/mol. The van der Waals surface area contributed by atoms with Crippen molar-refractivity contribution in [1.82, 2.24) is 5.32 Å². The van der Waals surface area contributed by atoms with Crippen molar-refractivity contribution in [2.45, 2.75) is 45.5 Å². The van der Waals surface area contributed by atoms with Crippen molar-refractivity contribution >= 4 is 0 Å². The molecule has 0 radical (unpaired) electrons. The van der Waals surface area contributed by atoms with Gasteiger partial charge in [0.2, 0.25) is 0 Å². The van der Waals surface area contributed by atoms with Crippen LogP contribution in [0.3, 0.4) is 0 Å². The van der Waals surface area contributed by atoms with E-state index in [4.69, 9.17) is 0 Å². The highest BCUT2D eigenvalue weighted by Gasteiger charge is 2.39. The molecule has 2 aromatic rings. The number of nitrogens with one attached hydrogen (secondary N) is 1.